The lowest BCUT2D eigenvalue weighted by atomic mass is 9.95. The number of rotatable bonds is 6. The Labute approximate surface area is 157 Å². The summed E-state index contributed by atoms with van der Waals surface area (Å²) in [7, 11) is 0. The van der Waals surface area contributed by atoms with Gasteiger partial charge in [-0.1, -0.05) is 47.7 Å². The van der Waals surface area contributed by atoms with Crippen LogP contribution in [0, 0.1) is 0 Å². The number of β-lactam (4-membered cyclic amide) rings is 1. The average molecular weight is 363 g/mol. The number of carbonyl (C=O) groups is 2. The SMILES string of the molecule is CC1CC(=O)N1C(Cc1ccccc1)C(=O)NCn1nnc2ccccc21. The van der Waals surface area contributed by atoms with Gasteiger partial charge in [0.2, 0.25) is 11.8 Å². The van der Waals surface area contributed by atoms with E-state index in [9.17, 15) is 9.59 Å². The van der Waals surface area contributed by atoms with Crippen LogP contribution in [0.5, 0.6) is 0 Å². The fourth-order valence-electron chi connectivity index (χ4n) is 3.53. The standard InChI is InChI=1S/C20H21N5O2/c1-14-11-19(26)25(14)18(12-15-7-3-2-4-8-15)20(27)21-13-24-17-10-6-5-9-16(17)22-23-24/h2-10,14,18H,11-13H2,1H3,(H,21,27). The Morgan fingerprint density at radius 3 is 2.67 bits per heavy atom. The van der Waals surface area contributed by atoms with Crippen LogP contribution in [0.25, 0.3) is 11.0 Å². The number of carbonyl (C=O) groups excluding carboxylic acids is 2. The molecule has 2 amide bonds. The first kappa shape index (κ1) is 17.2. The van der Waals surface area contributed by atoms with E-state index in [1.165, 1.54) is 0 Å². The molecule has 138 valence electrons. The zero-order chi connectivity index (χ0) is 18.8. The molecule has 7 nitrogen and oxygen atoms in total. The van der Waals surface area contributed by atoms with Crippen LogP contribution >= 0.6 is 0 Å². The van der Waals surface area contributed by atoms with Crippen LogP contribution in [0.1, 0.15) is 18.9 Å². The van der Waals surface area contributed by atoms with Crippen molar-refractivity contribution < 1.29 is 9.59 Å². The quantitative estimate of drug-likeness (QED) is 0.677. The van der Waals surface area contributed by atoms with Gasteiger partial charge in [-0.25, -0.2) is 4.68 Å². The molecule has 1 fully saturated rings. The molecule has 2 atom stereocenters. The number of benzene rings is 2. The molecule has 27 heavy (non-hydrogen) atoms. The zero-order valence-corrected chi connectivity index (χ0v) is 15.1. The van der Waals surface area contributed by atoms with E-state index in [2.05, 4.69) is 15.6 Å². The molecule has 1 saturated heterocycles. The second kappa shape index (κ2) is 7.19. The molecule has 0 aliphatic carbocycles. The summed E-state index contributed by atoms with van der Waals surface area (Å²) in [6, 6.07) is 16.9. The highest BCUT2D eigenvalue weighted by molar-refractivity contribution is 5.91. The minimum absolute atomic E-state index is 0.0183. The topological polar surface area (TPSA) is 80.1 Å². The van der Waals surface area contributed by atoms with Crippen molar-refractivity contribution in [2.24, 2.45) is 0 Å². The molecule has 7 heteroatoms. The van der Waals surface area contributed by atoms with Crippen LogP contribution in [-0.2, 0) is 22.7 Å². The first-order valence-electron chi connectivity index (χ1n) is 9.04. The van der Waals surface area contributed by atoms with Gasteiger partial charge in [0.15, 0.2) is 0 Å². The van der Waals surface area contributed by atoms with Crippen molar-refractivity contribution in [1.82, 2.24) is 25.2 Å². The molecule has 0 radical (unpaired) electrons. The number of likely N-dealkylation sites (tertiary alicyclic amines) is 1. The maximum atomic E-state index is 12.9. The monoisotopic (exact) mass is 363 g/mol. The number of fused-ring (bicyclic) bond motifs is 1. The van der Waals surface area contributed by atoms with E-state index in [0.29, 0.717) is 12.8 Å². The maximum absolute atomic E-state index is 12.9. The number of para-hydroxylation sites is 1. The molecule has 2 aromatic carbocycles. The molecule has 1 N–H and O–H groups in total. The Morgan fingerprint density at radius 1 is 1.19 bits per heavy atom. The van der Waals surface area contributed by atoms with Gasteiger partial charge >= 0.3 is 0 Å². The van der Waals surface area contributed by atoms with Crippen molar-refractivity contribution in [2.75, 3.05) is 0 Å². The van der Waals surface area contributed by atoms with Crippen molar-refractivity contribution in [2.45, 2.75) is 38.5 Å². The van der Waals surface area contributed by atoms with Crippen LogP contribution in [0.2, 0.25) is 0 Å². The second-order valence-electron chi connectivity index (χ2n) is 6.84. The van der Waals surface area contributed by atoms with Gasteiger partial charge in [0.05, 0.1) is 5.52 Å². The third kappa shape index (κ3) is 3.40. The van der Waals surface area contributed by atoms with Crippen molar-refractivity contribution in [3.05, 3.63) is 60.2 Å². The summed E-state index contributed by atoms with van der Waals surface area (Å²) in [4.78, 5) is 26.7. The van der Waals surface area contributed by atoms with Gasteiger partial charge in [-0.2, -0.15) is 0 Å². The summed E-state index contributed by atoms with van der Waals surface area (Å²) < 4.78 is 1.65. The first-order valence-corrected chi connectivity index (χ1v) is 9.04. The largest absolute Gasteiger partial charge is 0.335 e. The van der Waals surface area contributed by atoms with Gasteiger partial charge in [0.25, 0.3) is 0 Å². The van der Waals surface area contributed by atoms with Gasteiger partial charge in [-0.15, -0.1) is 5.10 Å². The van der Waals surface area contributed by atoms with Gasteiger partial charge in [-0.3, -0.25) is 9.59 Å². The summed E-state index contributed by atoms with van der Waals surface area (Å²) in [6.45, 7) is 2.18. The number of hydrogen-bond acceptors (Lipinski definition) is 4. The molecule has 0 spiro atoms. The molecule has 4 rings (SSSR count). The molecule has 1 aliphatic rings. The van der Waals surface area contributed by atoms with E-state index in [0.717, 1.165) is 16.6 Å². The van der Waals surface area contributed by atoms with Crippen LogP contribution in [0.3, 0.4) is 0 Å². The lowest BCUT2D eigenvalue weighted by Gasteiger charge is -2.43. The van der Waals surface area contributed by atoms with E-state index < -0.39 is 6.04 Å². The Morgan fingerprint density at radius 2 is 1.93 bits per heavy atom. The minimum atomic E-state index is -0.529. The van der Waals surface area contributed by atoms with E-state index in [4.69, 9.17) is 0 Å². The third-order valence-electron chi connectivity index (χ3n) is 4.97. The van der Waals surface area contributed by atoms with Gasteiger partial charge in [0.1, 0.15) is 18.2 Å². The fourth-order valence-corrected chi connectivity index (χ4v) is 3.53. The van der Waals surface area contributed by atoms with Crippen LogP contribution in [0.4, 0.5) is 0 Å². The Bertz CT molecular complexity index is 969. The Hall–Kier alpha value is -3.22. The van der Waals surface area contributed by atoms with E-state index in [1.54, 1.807) is 9.58 Å². The molecule has 3 aromatic rings. The van der Waals surface area contributed by atoms with Crippen molar-refractivity contribution >= 4 is 22.8 Å². The summed E-state index contributed by atoms with van der Waals surface area (Å²) in [5.74, 6) is -0.164. The van der Waals surface area contributed by atoms with Crippen molar-refractivity contribution in [1.29, 1.82) is 0 Å². The zero-order valence-electron chi connectivity index (χ0n) is 15.1. The van der Waals surface area contributed by atoms with Crippen LogP contribution in [0.15, 0.2) is 54.6 Å². The molecule has 2 unspecified atom stereocenters. The lowest BCUT2D eigenvalue weighted by Crippen LogP contribution is -2.61. The first-order chi connectivity index (χ1) is 13.1. The summed E-state index contributed by atoms with van der Waals surface area (Å²) >= 11 is 0. The highest BCUT2D eigenvalue weighted by atomic mass is 16.2. The fraction of sp³-hybridized carbons (Fsp3) is 0.300. The van der Waals surface area contributed by atoms with Crippen LogP contribution < -0.4 is 5.32 Å². The lowest BCUT2D eigenvalue weighted by molar-refractivity contribution is -0.154. The number of nitrogens with zero attached hydrogens (tertiary/aromatic N) is 4. The Balaban J connectivity index is 1.50. The predicted molar refractivity (Wildman–Crippen MR) is 101 cm³/mol. The Kier molecular flexibility index (Phi) is 4.58. The molecular formula is C20H21N5O2. The average Bonchev–Trinajstić information content (AvgIpc) is 3.09. The highest BCUT2D eigenvalue weighted by Crippen LogP contribution is 2.24. The van der Waals surface area contributed by atoms with E-state index in [1.807, 2.05) is 61.5 Å². The van der Waals surface area contributed by atoms with Gasteiger partial charge < -0.3 is 10.2 Å². The number of amides is 2. The smallest absolute Gasteiger partial charge is 0.244 e. The predicted octanol–water partition coefficient (Wildman–Crippen LogP) is 1.74. The van der Waals surface area contributed by atoms with Crippen molar-refractivity contribution in [3.8, 4) is 0 Å². The normalized spacial score (nSPS) is 17.6. The number of hydrogen-bond donors (Lipinski definition) is 1. The molecule has 0 saturated carbocycles. The minimum Gasteiger partial charge on any atom is -0.335 e. The summed E-state index contributed by atoms with van der Waals surface area (Å²) in [5.41, 5.74) is 2.65. The maximum Gasteiger partial charge on any atom is 0.244 e. The molecule has 1 aliphatic heterocycles. The van der Waals surface area contributed by atoms with Crippen LogP contribution in [-0.4, -0.2) is 43.8 Å². The molecule has 1 aromatic heterocycles. The molecule has 0 bridgehead atoms. The second-order valence-corrected chi connectivity index (χ2v) is 6.84. The van der Waals surface area contributed by atoms with Gasteiger partial charge in [-0.05, 0) is 24.6 Å². The summed E-state index contributed by atoms with van der Waals surface area (Å²) in [5, 5.41) is 11.1. The van der Waals surface area contributed by atoms with Gasteiger partial charge in [0, 0.05) is 18.9 Å². The third-order valence-corrected chi connectivity index (χ3v) is 4.97. The summed E-state index contributed by atoms with van der Waals surface area (Å²) in [6.07, 6.45) is 0.979. The van der Waals surface area contributed by atoms with E-state index >= 15 is 0 Å². The number of nitrogens with one attached hydrogen (secondary N) is 1. The highest BCUT2D eigenvalue weighted by Gasteiger charge is 2.41. The molecule has 2 heterocycles. The van der Waals surface area contributed by atoms with Crippen molar-refractivity contribution in [3.63, 3.8) is 0 Å². The number of aromatic nitrogens is 3. The van der Waals surface area contributed by atoms with E-state index in [-0.39, 0.29) is 24.5 Å². The molecular weight excluding hydrogens is 342 g/mol.